The van der Waals surface area contributed by atoms with Gasteiger partial charge in [-0.25, -0.2) is 13.1 Å². The zero-order chi connectivity index (χ0) is 25.7. The summed E-state index contributed by atoms with van der Waals surface area (Å²) in [4.78, 5) is 4.41. The second kappa shape index (κ2) is 9.09. The number of nitriles is 1. The van der Waals surface area contributed by atoms with Gasteiger partial charge in [-0.1, -0.05) is 12.8 Å². The molecule has 0 unspecified atom stereocenters. The van der Waals surface area contributed by atoms with Crippen LogP contribution in [0.3, 0.4) is 0 Å². The fraction of sp³-hybridized carbons (Fsp3) is 0.440. The van der Waals surface area contributed by atoms with Crippen LogP contribution < -0.4 is 9.46 Å². The van der Waals surface area contributed by atoms with E-state index in [0.29, 0.717) is 28.2 Å². The molecule has 11 heteroatoms. The molecule has 3 aromatic rings. The quantitative estimate of drug-likeness (QED) is 0.435. The van der Waals surface area contributed by atoms with Crippen molar-refractivity contribution in [2.75, 3.05) is 0 Å². The molecule has 0 amide bonds. The van der Waals surface area contributed by atoms with E-state index in [1.165, 1.54) is 30.5 Å². The number of alkyl halides is 3. The first kappa shape index (κ1) is 24.6. The summed E-state index contributed by atoms with van der Waals surface area (Å²) in [5, 5.41) is 10.5. The van der Waals surface area contributed by atoms with Gasteiger partial charge in [0.1, 0.15) is 16.7 Å². The smallest absolute Gasteiger partial charge is 0.406 e. The van der Waals surface area contributed by atoms with Crippen LogP contribution >= 0.6 is 0 Å². The molecule has 1 atom stereocenters. The van der Waals surface area contributed by atoms with Gasteiger partial charge in [0, 0.05) is 29.7 Å². The highest BCUT2D eigenvalue weighted by Crippen LogP contribution is 2.42. The van der Waals surface area contributed by atoms with Gasteiger partial charge in [-0.05, 0) is 62.8 Å². The van der Waals surface area contributed by atoms with E-state index in [1.807, 2.05) is 11.5 Å². The Bertz CT molecular complexity index is 1430. The molecule has 36 heavy (non-hydrogen) atoms. The Balaban J connectivity index is 1.60. The van der Waals surface area contributed by atoms with Crippen LogP contribution in [0.2, 0.25) is 0 Å². The van der Waals surface area contributed by atoms with Crippen molar-refractivity contribution in [3.05, 3.63) is 42.1 Å². The van der Waals surface area contributed by atoms with Crippen molar-refractivity contribution < 1.29 is 26.3 Å². The molecule has 2 aromatic heterocycles. The molecule has 5 rings (SSSR count). The third-order valence-corrected chi connectivity index (χ3v) is 8.51. The Morgan fingerprint density at radius 2 is 1.89 bits per heavy atom. The maximum Gasteiger partial charge on any atom is 0.573 e. The number of benzene rings is 1. The first-order valence-corrected chi connectivity index (χ1v) is 13.4. The highest BCUT2D eigenvalue weighted by Gasteiger charge is 2.33. The van der Waals surface area contributed by atoms with Crippen LogP contribution in [0.5, 0.6) is 5.75 Å². The first-order valence-electron chi connectivity index (χ1n) is 11.9. The van der Waals surface area contributed by atoms with Gasteiger partial charge >= 0.3 is 6.36 Å². The number of nitrogens with zero attached hydrogens (tertiary/aromatic N) is 3. The number of hydrogen-bond acceptors (Lipinski definition) is 5. The van der Waals surface area contributed by atoms with Crippen molar-refractivity contribution in [3.8, 4) is 23.2 Å². The number of hydrogen-bond donors (Lipinski definition) is 1. The number of aromatic nitrogens is 2. The van der Waals surface area contributed by atoms with Gasteiger partial charge in [-0.15, -0.1) is 13.2 Å². The topological polar surface area (TPSA) is 97.0 Å². The number of halogens is 3. The van der Waals surface area contributed by atoms with E-state index in [4.69, 9.17) is 0 Å². The van der Waals surface area contributed by atoms with Gasteiger partial charge in [0.25, 0.3) is 0 Å². The van der Waals surface area contributed by atoms with Gasteiger partial charge in [0.2, 0.25) is 10.0 Å². The summed E-state index contributed by atoms with van der Waals surface area (Å²) in [7, 11) is -3.76. The van der Waals surface area contributed by atoms with Crippen molar-refractivity contribution in [1.29, 1.82) is 5.26 Å². The maximum absolute atomic E-state index is 12.9. The van der Waals surface area contributed by atoms with Crippen molar-refractivity contribution in [2.45, 2.75) is 68.8 Å². The third kappa shape index (κ3) is 4.80. The molecule has 2 aliphatic carbocycles. The normalized spacial score (nSPS) is 17.9. The van der Waals surface area contributed by atoms with Crippen LogP contribution in [0.15, 0.2) is 41.4 Å². The van der Waals surface area contributed by atoms with Crippen LogP contribution in [0.4, 0.5) is 13.2 Å². The number of nitrogens with one attached hydrogen (secondary N) is 1. The van der Waals surface area contributed by atoms with Gasteiger partial charge in [0.05, 0.1) is 22.5 Å². The number of pyridine rings is 1. The van der Waals surface area contributed by atoms with E-state index in [2.05, 4.69) is 20.5 Å². The largest absolute Gasteiger partial charge is 0.573 e. The minimum Gasteiger partial charge on any atom is -0.406 e. The Kier molecular flexibility index (Phi) is 6.21. The molecular formula is C25H25F3N4O3S. The Hall–Kier alpha value is -3.10. The lowest BCUT2D eigenvalue weighted by atomic mass is 10.1. The second-order valence-corrected chi connectivity index (χ2v) is 11.2. The van der Waals surface area contributed by atoms with Crippen LogP contribution in [0.1, 0.15) is 57.1 Å². The summed E-state index contributed by atoms with van der Waals surface area (Å²) >= 11 is 0. The van der Waals surface area contributed by atoms with E-state index >= 15 is 0 Å². The molecule has 2 heterocycles. The Morgan fingerprint density at radius 3 is 2.47 bits per heavy atom. The SMILES string of the molecule is C[C@H](NS(=O)(=O)c1ccc(-c2c(C#N)c3ccc(OC(F)(F)F)cc3n2C2CCCC2)nc1)C1CC1. The average Bonchev–Trinajstić information content (AvgIpc) is 3.44. The lowest BCUT2D eigenvalue weighted by Gasteiger charge is -2.18. The number of rotatable bonds is 7. The molecule has 0 spiro atoms. The van der Waals surface area contributed by atoms with E-state index in [0.717, 1.165) is 38.5 Å². The predicted octanol–water partition coefficient (Wildman–Crippen LogP) is 5.67. The molecule has 0 bridgehead atoms. The van der Waals surface area contributed by atoms with Gasteiger partial charge < -0.3 is 9.30 Å². The fourth-order valence-electron chi connectivity index (χ4n) is 5.08. The summed E-state index contributed by atoms with van der Waals surface area (Å²) in [6.45, 7) is 1.84. The highest BCUT2D eigenvalue weighted by molar-refractivity contribution is 7.89. The molecule has 2 saturated carbocycles. The molecule has 2 fully saturated rings. The fourth-order valence-corrected chi connectivity index (χ4v) is 6.34. The van der Waals surface area contributed by atoms with Crippen LogP contribution in [0, 0.1) is 17.2 Å². The van der Waals surface area contributed by atoms with Crippen LogP contribution in [-0.2, 0) is 10.0 Å². The lowest BCUT2D eigenvalue weighted by molar-refractivity contribution is -0.274. The minimum atomic E-state index is -4.84. The zero-order valence-electron chi connectivity index (χ0n) is 19.5. The molecule has 7 nitrogen and oxygen atoms in total. The highest BCUT2D eigenvalue weighted by atomic mass is 32.2. The van der Waals surface area contributed by atoms with E-state index in [9.17, 15) is 26.9 Å². The van der Waals surface area contributed by atoms with Crippen LogP contribution in [-0.4, -0.2) is 30.4 Å². The predicted molar refractivity (Wildman–Crippen MR) is 127 cm³/mol. The summed E-state index contributed by atoms with van der Waals surface area (Å²) < 4.78 is 72.9. The van der Waals surface area contributed by atoms with Crippen molar-refractivity contribution >= 4 is 20.9 Å². The maximum atomic E-state index is 12.9. The molecular weight excluding hydrogens is 493 g/mol. The van der Waals surface area contributed by atoms with Crippen molar-refractivity contribution in [1.82, 2.24) is 14.3 Å². The van der Waals surface area contributed by atoms with Crippen molar-refractivity contribution in [2.24, 2.45) is 5.92 Å². The monoisotopic (exact) mass is 518 g/mol. The zero-order valence-corrected chi connectivity index (χ0v) is 20.4. The molecule has 1 aromatic carbocycles. The van der Waals surface area contributed by atoms with Crippen molar-refractivity contribution in [3.63, 3.8) is 0 Å². The number of fused-ring (bicyclic) bond motifs is 1. The minimum absolute atomic E-state index is 0.0154. The summed E-state index contributed by atoms with van der Waals surface area (Å²) in [6, 6.07) is 8.91. The Labute approximate surface area is 206 Å². The number of sulfonamides is 1. The summed E-state index contributed by atoms with van der Waals surface area (Å²) in [5.41, 5.74) is 1.57. The molecule has 1 N–H and O–H groups in total. The molecule has 0 radical (unpaired) electrons. The first-order chi connectivity index (χ1) is 17.1. The Morgan fingerprint density at radius 1 is 1.17 bits per heavy atom. The van der Waals surface area contributed by atoms with Gasteiger partial charge in [0.15, 0.2) is 0 Å². The van der Waals surface area contributed by atoms with E-state index < -0.39 is 16.4 Å². The van der Waals surface area contributed by atoms with Crippen LogP contribution in [0.25, 0.3) is 22.3 Å². The van der Waals surface area contributed by atoms with E-state index in [1.54, 1.807) is 6.07 Å². The molecule has 0 aliphatic heterocycles. The second-order valence-electron chi connectivity index (χ2n) is 9.50. The standard InChI is InChI=1S/C25H25F3N4O3S/c1-15(16-6-7-16)31-36(33,34)19-9-11-22(30-14-19)24-21(13-29)20-10-8-18(35-25(26,27)28)12-23(20)32(24)17-4-2-3-5-17/h8-12,14-17,31H,2-7H2,1H3/t15-/m0/s1. The summed E-state index contributed by atoms with van der Waals surface area (Å²) in [6.07, 6.45) is 1.95. The molecule has 0 saturated heterocycles. The van der Waals surface area contributed by atoms with Gasteiger partial charge in [-0.3, -0.25) is 4.98 Å². The molecule has 2 aliphatic rings. The third-order valence-electron chi connectivity index (χ3n) is 6.97. The average molecular weight is 519 g/mol. The lowest BCUT2D eigenvalue weighted by Crippen LogP contribution is -2.34. The molecule has 190 valence electrons. The van der Waals surface area contributed by atoms with E-state index in [-0.39, 0.29) is 28.3 Å². The summed E-state index contributed by atoms with van der Waals surface area (Å²) in [5.74, 6) is -0.0217. The van der Waals surface area contributed by atoms with Gasteiger partial charge in [-0.2, -0.15) is 5.26 Å². The number of ether oxygens (including phenoxy) is 1.